The summed E-state index contributed by atoms with van der Waals surface area (Å²) in [6.07, 6.45) is 6.96. The third kappa shape index (κ3) is 4.00. The van der Waals surface area contributed by atoms with E-state index in [2.05, 4.69) is 15.3 Å². The maximum absolute atomic E-state index is 11.8. The Bertz CT molecular complexity index is 972. The molecule has 3 aromatic rings. The standard InChI is InChI=1S/C20H22N6O2/c1-13-12-28-20(22-13)25-18-9-17(15-5-3-7-21-10-15)23-19(24-18)16-6-4-8-26(11-16)14(2)27/h3,5,7,9-10,12,16H,4,6,8,11H2,1-2H3,(H,22,23,24,25). The highest BCUT2D eigenvalue weighted by Crippen LogP contribution is 2.29. The first kappa shape index (κ1) is 18.1. The average molecular weight is 378 g/mol. The molecular weight excluding hydrogens is 356 g/mol. The summed E-state index contributed by atoms with van der Waals surface area (Å²) in [5.41, 5.74) is 2.45. The van der Waals surface area contributed by atoms with Crippen LogP contribution in [0.3, 0.4) is 0 Å². The van der Waals surface area contributed by atoms with Crippen molar-refractivity contribution in [1.29, 1.82) is 0 Å². The molecule has 144 valence electrons. The third-order valence-corrected chi connectivity index (χ3v) is 4.79. The van der Waals surface area contributed by atoms with Gasteiger partial charge in [-0.25, -0.2) is 9.97 Å². The minimum Gasteiger partial charge on any atom is -0.432 e. The van der Waals surface area contributed by atoms with Crippen molar-refractivity contribution >= 4 is 17.7 Å². The fraction of sp³-hybridized carbons (Fsp3) is 0.350. The number of carbonyl (C=O) groups is 1. The Morgan fingerprint density at radius 1 is 1.32 bits per heavy atom. The molecule has 1 aliphatic rings. The highest BCUT2D eigenvalue weighted by Gasteiger charge is 2.26. The van der Waals surface area contributed by atoms with Crippen molar-refractivity contribution in [3.8, 4) is 11.3 Å². The van der Waals surface area contributed by atoms with E-state index < -0.39 is 0 Å². The summed E-state index contributed by atoms with van der Waals surface area (Å²) >= 11 is 0. The molecule has 3 aromatic heterocycles. The van der Waals surface area contributed by atoms with E-state index in [0.717, 1.165) is 36.3 Å². The Morgan fingerprint density at radius 2 is 2.21 bits per heavy atom. The lowest BCUT2D eigenvalue weighted by atomic mass is 9.97. The number of oxazole rings is 1. The molecule has 0 spiro atoms. The number of pyridine rings is 1. The van der Waals surface area contributed by atoms with Gasteiger partial charge in [-0.3, -0.25) is 15.1 Å². The van der Waals surface area contributed by atoms with Crippen LogP contribution in [-0.2, 0) is 4.79 Å². The number of likely N-dealkylation sites (tertiary alicyclic amines) is 1. The Kier molecular flexibility index (Phi) is 5.01. The summed E-state index contributed by atoms with van der Waals surface area (Å²) in [7, 11) is 0. The quantitative estimate of drug-likeness (QED) is 0.744. The minimum atomic E-state index is 0.0844. The highest BCUT2D eigenvalue weighted by molar-refractivity contribution is 5.73. The molecule has 8 heteroatoms. The van der Waals surface area contributed by atoms with Gasteiger partial charge in [0.1, 0.15) is 17.9 Å². The van der Waals surface area contributed by atoms with E-state index in [0.29, 0.717) is 24.2 Å². The van der Waals surface area contributed by atoms with Crippen LogP contribution in [-0.4, -0.2) is 43.8 Å². The van der Waals surface area contributed by atoms with Crippen LogP contribution in [0.4, 0.5) is 11.8 Å². The number of nitrogens with zero attached hydrogens (tertiary/aromatic N) is 5. The van der Waals surface area contributed by atoms with Gasteiger partial charge in [0.25, 0.3) is 6.01 Å². The summed E-state index contributed by atoms with van der Waals surface area (Å²) < 4.78 is 5.40. The van der Waals surface area contributed by atoms with E-state index in [1.54, 1.807) is 25.6 Å². The molecule has 1 aliphatic heterocycles. The Labute approximate surface area is 163 Å². The van der Waals surface area contributed by atoms with Gasteiger partial charge in [-0.1, -0.05) is 0 Å². The van der Waals surface area contributed by atoms with Crippen LogP contribution in [0.5, 0.6) is 0 Å². The van der Waals surface area contributed by atoms with Gasteiger partial charge in [0.2, 0.25) is 5.91 Å². The van der Waals surface area contributed by atoms with Crippen molar-refractivity contribution in [3.05, 3.63) is 48.4 Å². The lowest BCUT2D eigenvalue weighted by Crippen LogP contribution is -2.38. The number of hydrogen-bond acceptors (Lipinski definition) is 7. The molecule has 1 N–H and O–H groups in total. The molecule has 1 saturated heterocycles. The fourth-order valence-corrected chi connectivity index (χ4v) is 3.37. The monoisotopic (exact) mass is 378 g/mol. The van der Waals surface area contributed by atoms with E-state index in [1.165, 1.54) is 0 Å². The maximum atomic E-state index is 11.8. The lowest BCUT2D eigenvalue weighted by molar-refractivity contribution is -0.130. The van der Waals surface area contributed by atoms with E-state index in [4.69, 9.17) is 14.4 Å². The van der Waals surface area contributed by atoms with E-state index in [9.17, 15) is 4.79 Å². The molecule has 0 aromatic carbocycles. The van der Waals surface area contributed by atoms with Crippen LogP contribution in [0.2, 0.25) is 0 Å². The van der Waals surface area contributed by atoms with Crippen LogP contribution < -0.4 is 5.32 Å². The zero-order valence-corrected chi connectivity index (χ0v) is 15.9. The van der Waals surface area contributed by atoms with Gasteiger partial charge in [0.05, 0.1) is 11.4 Å². The third-order valence-electron chi connectivity index (χ3n) is 4.79. The summed E-state index contributed by atoms with van der Waals surface area (Å²) in [5.74, 6) is 1.48. The van der Waals surface area contributed by atoms with Crippen molar-refractivity contribution < 1.29 is 9.21 Å². The van der Waals surface area contributed by atoms with E-state index in [-0.39, 0.29) is 11.8 Å². The lowest BCUT2D eigenvalue weighted by Gasteiger charge is -2.31. The number of nitrogens with one attached hydrogen (secondary N) is 1. The first-order valence-electron chi connectivity index (χ1n) is 9.32. The molecule has 1 amide bonds. The van der Waals surface area contributed by atoms with Gasteiger partial charge < -0.3 is 9.32 Å². The molecule has 1 atom stereocenters. The van der Waals surface area contributed by atoms with Crippen molar-refractivity contribution in [2.45, 2.75) is 32.6 Å². The second kappa shape index (κ2) is 7.75. The Balaban J connectivity index is 1.70. The molecule has 4 heterocycles. The van der Waals surface area contributed by atoms with Gasteiger partial charge in [-0.05, 0) is 31.9 Å². The van der Waals surface area contributed by atoms with Gasteiger partial charge >= 0.3 is 0 Å². The number of aryl methyl sites for hydroxylation is 1. The smallest absolute Gasteiger partial charge is 0.300 e. The molecule has 8 nitrogen and oxygen atoms in total. The van der Waals surface area contributed by atoms with Crippen molar-refractivity contribution in [1.82, 2.24) is 24.8 Å². The van der Waals surface area contributed by atoms with Crippen molar-refractivity contribution in [2.24, 2.45) is 0 Å². The topological polar surface area (TPSA) is 97.0 Å². The predicted octanol–water partition coefficient (Wildman–Crippen LogP) is 3.30. The number of piperidine rings is 1. The van der Waals surface area contributed by atoms with E-state index >= 15 is 0 Å². The summed E-state index contributed by atoms with van der Waals surface area (Å²) in [5, 5.41) is 3.12. The molecule has 0 radical (unpaired) electrons. The van der Waals surface area contributed by atoms with Crippen LogP contribution in [0, 0.1) is 6.92 Å². The Hall–Kier alpha value is -3.29. The first-order chi connectivity index (χ1) is 13.6. The van der Waals surface area contributed by atoms with Crippen LogP contribution >= 0.6 is 0 Å². The number of anilines is 2. The van der Waals surface area contributed by atoms with Gasteiger partial charge in [0.15, 0.2) is 0 Å². The van der Waals surface area contributed by atoms with Crippen molar-refractivity contribution in [2.75, 3.05) is 18.4 Å². The molecule has 0 aliphatic carbocycles. The summed E-state index contributed by atoms with van der Waals surface area (Å²) in [6.45, 7) is 4.88. The van der Waals surface area contributed by atoms with Crippen LogP contribution in [0.15, 0.2) is 41.3 Å². The summed E-state index contributed by atoms with van der Waals surface area (Å²) in [4.78, 5) is 31.6. The average Bonchev–Trinajstić information content (AvgIpc) is 3.13. The number of carbonyl (C=O) groups excluding carboxylic acids is 1. The molecule has 28 heavy (non-hydrogen) atoms. The molecule has 4 rings (SSSR count). The van der Waals surface area contributed by atoms with Gasteiger partial charge in [-0.15, -0.1) is 0 Å². The molecule has 0 saturated carbocycles. The normalized spacial score (nSPS) is 16.8. The highest BCUT2D eigenvalue weighted by atomic mass is 16.4. The SMILES string of the molecule is CC(=O)N1CCCC(c2nc(Nc3nc(C)co3)cc(-c3cccnc3)n2)C1. The van der Waals surface area contributed by atoms with Crippen LogP contribution in [0.1, 0.15) is 37.2 Å². The van der Waals surface area contributed by atoms with Crippen molar-refractivity contribution in [3.63, 3.8) is 0 Å². The largest absolute Gasteiger partial charge is 0.432 e. The van der Waals surface area contributed by atoms with Gasteiger partial charge in [0, 0.05) is 50.0 Å². The molecule has 0 bridgehead atoms. The first-order valence-corrected chi connectivity index (χ1v) is 9.32. The minimum absolute atomic E-state index is 0.0844. The number of hydrogen-bond donors (Lipinski definition) is 1. The fourth-order valence-electron chi connectivity index (χ4n) is 3.37. The predicted molar refractivity (Wildman–Crippen MR) is 104 cm³/mol. The van der Waals surface area contributed by atoms with Crippen LogP contribution in [0.25, 0.3) is 11.3 Å². The second-order valence-electron chi connectivity index (χ2n) is 6.96. The molecular formula is C20H22N6O2. The Morgan fingerprint density at radius 3 is 2.93 bits per heavy atom. The zero-order valence-electron chi connectivity index (χ0n) is 15.9. The maximum Gasteiger partial charge on any atom is 0.300 e. The molecule has 1 fully saturated rings. The number of rotatable bonds is 4. The second-order valence-corrected chi connectivity index (χ2v) is 6.96. The summed E-state index contributed by atoms with van der Waals surface area (Å²) in [6, 6.07) is 6.07. The molecule has 1 unspecified atom stereocenters. The van der Waals surface area contributed by atoms with Gasteiger partial charge in [-0.2, -0.15) is 4.98 Å². The zero-order chi connectivity index (χ0) is 19.5. The van der Waals surface area contributed by atoms with E-state index in [1.807, 2.05) is 30.0 Å². The number of amides is 1. The number of aromatic nitrogens is 4.